The minimum atomic E-state index is -0.309. The van der Waals surface area contributed by atoms with Crippen LogP contribution in [0.4, 0.5) is 5.69 Å². The zero-order chi connectivity index (χ0) is 15.6. The second-order valence-corrected chi connectivity index (χ2v) is 5.70. The van der Waals surface area contributed by atoms with Crippen molar-refractivity contribution in [2.24, 2.45) is 0 Å². The van der Waals surface area contributed by atoms with Crippen molar-refractivity contribution < 1.29 is 4.79 Å². The summed E-state index contributed by atoms with van der Waals surface area (Å²) in [5.74, 6) is -0.309. The van der Waals surface area contributed by atoms with Crippen LogP contribution < -0.4 is 10.7 Å². The summed E-state index contributed by atoms with van der Waals surface area (Å²) in [5.41, 5.74) is 4.72. The van der Waals surface area contributed by atoms with Crippen molar-refractivity contribution >= 4 is 11.5 Å². The van der Waals surface area contributed by atoms with Gasteiger partial charge in [0.15, 0.2) is 5.43 Å². The summed E-state index contributed by atoms with van der Waals surface area (Å²) < 4.78 is 0. The lowest BCUT2D eigenvalue weighted by Crippen LogP contribution is -2.33. The van der Waals surface area contributed by atoms with Crippen molar-refractivity contribution in [2.45, 2.75) is 6.04 Å². The van der Waals surface area contributed by atoms with E-state index in [-0.39, 0.29) is 22.8 Å². The van der Waals surface area contributed by atoms with Gasteiger partial charge in [-0.3, -0.25) is 14.6 Å². The maximum absolute atomic E-state index is 12.8. The Hall–Kier alpha value is -3.21. The van der Waals surface area contributed by atoms with Crippen LogP contribution in [0, 0.1) is 0 Å². The number of para-hydroxylation sites is 1. The van der Waals surface area contributed by atoms with Gasteiger partial charge < -0.3 is 10.3 Å². The van der Waals surface area contributed by atoms with E-state index in [0.717, 1.165) is 22.4 Å². The fourth-order valence-electron chi connectivity index (χ4n) is 3.54. The smallest absolute Gasteiger partial charge is 0.217 e. The fraction of sp³-hybridized carbons (Fsp3) is 0.0556. The van der Waals surface area contributed by atoms with Gasteiger partial charge in [-0.2, -0.15) is 0 Å². The molecule has 3 heterocycles. The van der Waals surface area contributed by atoms with E-state index in [1.54, 1.807) is 12.4 Å². The van der Waals surface area contributed by atoms with Crippen molar-refractivity contribution in [3.8, 4) is 11.1 Å². The molecule has 5 rings (SSSR count). The molecular weight excluding hydrogens is 290 g/mol. The molecule has 0 bridgehead atoms. The number of nitrogens with one attached hydrogen (secondary N) is 2. The number of nitrogens with zero attached hydrogens (tertiary/aromatic N) is 1. The highest BCUT2D eigenvalue weighted by molar-refractivity contribution is 6.13. The lowest BCUT2D eigenvalue weighted by Gasteiger charge is -2.34. The zero-order valence-electron chi connectivity index (χ0n) is 12.0. The number of hydrogen-bond donors (Lipinski definition) is 2. The van der Waals surface area contributed by atoms with Gasteiger partial charge in [-0.15, -0.1) is 0 Å². The second-order valence-electron chi connectivity index (χ2n) is 5.70. The molecule has 1 aliphatic heterocycles. The van der Waals surface area contributed by atoms with Crippen molar-refractivity contribution in [1.82, 2.24) is 9.97 Å². The number of rotatable bonds is 0. The Morgan fingerprint density at radius 1 is 1.00 bits per heavy atom. The molecule has 0 amide bonds. The Kier molecular flexibility index (Phi) is 2.24. The molecule has 2 aromatic heterocycles. The summed E-state index contributed by atoms with van der Waals surface area (Å²) in [6.45, 7) is 0. The standard InChI is InChI=1S/C18H11N3O2/c22-12-6-8-19-15-14(12)18(23)17-13-10(5-7-20-17)9-3-1-2-4-11(9)21-16(13)15/h1-8,16,21H,(H,19,22). The van der Waals surface area contributed by atoms with Crippen LogP contribution in [0.1, 0.15) is 33.4 Å². The van der Waals surface area contributed by atoms with Gasteiger partial charge in [0.2, 0.25) is 5.78 Å². The number of pyridine rings is 2. The Morgan fingerprint density at radius 2 is 1.87 bits per heavy atom. The first kappa shape index (κ1) is 12.3. The van der Waals surface area contributed by atoms with Gasteiger partial charge >= 0.3 is 0 Å². The van der Waals surface area contributed by atoms with E-state index in [1.165, 1.54) is 6.07 Å². The number of benzene rings is 1. The Labute approximate surface area is 131 Å². The molecule has 23 heavy (non-hydrogen) atoms. The van der Waals surface area contributed by atoms with Crippen molar-refractivity contribution in [3.05, 3.63) is 81.5 Å². The van der Waals surface area contributed by atoms with Crippen molar-refractivity contribution in [2.75, 3.05) is 5.32 Å². The fourth-order valence-corrected chi connectivity index (χ4v) is 3.54. The number of carbonyl (C=O) groups excluding carboxylic acids is 1. The molecule has 0 saturated heterocycles. The van der Waals surface area contributed by atoms with Crippen LogP contribution in [0.15, 0.2) is 53.6 Å². The minimum absolute atomic E-state index is 0.182. The Bertz CT molecular complexity index is 1050. The van der Waals surface area contributed by atoms with E-state index in [4.69, 9.17) is 0 Å². The topological polar surface area (TPSA) is 74.8 Å². The molecule has 1 aliphatic carbocycles. The molecule has 3 aromatic rings. The number of aromatic nitrogens is 2. The number of anilines is 1. The minimum Gasteiger partial charge on any atom is -0.372 e. The highest BCUT2D eigenvalue weighted by Gasteiger charge is 2.38. The van der Waals surface area contributed by atoms with Crippen LogP contribution in [0.5, 0.6) is 0 Å². The molecule has 5 heteroatoms. The number of fused-ring (bicyclic) bond motifs is 4. The van der Waals surface area contributed by atoms with Gasteiger partial charge in [-0.25, -0.2) is 0 Å². The summed E-state index contributed by atoms with van der Waals surface area (Å²) in [5, 5.41) is 3.44. The number of hydrogen-bond acceptors (Lipinski definition) is 4. The number of ketones is 1. The van der Waals surface area contributed by atoms with E-state index in [9.17, 15) is 9.59 Å². The van der Waals surface area contributed by atoms with Crippen LogP contribution in [0.3, 0.4) is 0 Å². The van der Waals surface area contributed by atoms with Gasteiger partial charge in [0.1, 0.15) is 5.69 Å². The van der Waals surface area contributed by atoms with E-state index in [0.29, 0.717) is 11.4 Å². The molecule has 2 aliphatic rings. The first-order chi connectivity index (χ1) is 11.3. The van der Waals surface area contributed by atoms with Gasteiger partial charge in [-0.1, -0.05) is 18.2 Å². The SMILES string of the molecule is O=C1c2nccc3c2C(Nc2ccccc2-3)c2[nH]ccc(=O)c21. The lowest BCUT2D eigenvalue weighted by molar-refractivity contribution is 0.102. The molecule has 0 fully saturated rings. The van der Waals surface area contributed by atoms with Gasteiger partial charge in [0.25, 0.3) is 0 Å². The van der Waals surface area contributed by atoms with Gasteiger partial charge in [0, 0.05) is 35.3 Å². The van der Waals surface area contributed by atoms with Crippen LogP contribution in [-0.4, -0.2) is 15.8 Å². The third-order valence-electron chi connectivity index (χ3n) is 4.52. The first-order valence-corrected chi connectivity index (χ1v) is 7.37. The zero-order valence-corrected chi connectivity index (χ0v) is 12.0. The van der Waals surface area contributed by atoms with E-state index < -0.39 is 0 Å². The molecule has 1 unspecified atom stereocenters. The van der Waals surface area contributed by atoms with Crippen LogP contribution in [0.2, 0.25) is 0 Å². The predicted octanol–water partition coefficient (Wildman–Crippen LogP) is 2.50. The van der Waals surface area contributed by atoms with E-state index in [1.807, 2.05) is 30.3 Å². The summed E-state index contributed by atoms with van der Waals surface area (Å²) >= 11 is 0. The largest absolute Gasteiger partial charge is 0.372 e. The molecule has 1 aromatic carbocycles. The average Bonchev–Trinajstić information content (AvgIpc) is 2.59. The summed E-state index contributed by atoms with van der Waals surface area (Å²) in [7, 11) is 0. The summed E-state index contributed by atoms with van der Waals surface area (Å²) in [6, 6.07) is 11.0. The molecule has 0 saturated carbocycles. The van der Waals surface area contributed by atoms with Crippen LogP contribution in [0.25, 0.3) is 11.1 Å². The maximum atomic E-state index is 12.8. The molecule has 0 radical (unpaired) electrons. The van der Waals surface area contributed by atoms with Crippen molar-refractivity contribution in [1.29, 1.82) is 0 Å². The highest BCUT2D eigenvalue weighted by Crippen LogP contribution is 2.46. The third kappa shape index (κ3) is 1.48. The molecule has 5 nitrogen and oxygen atoms in total. The van der Waals surface area contributed by atoms with Gasteiger partial charge in [-0.05, 0) is 17.7 Å². The van der Waals surface area contributed by atoms with E-state index in [2.05, 4.69) is 15.3 Å². The molecule has 0 spiro atoms. The molecule has 110 valence electrons. The Balaban J connectivity index is 1.91. The predicted molar refractivity (Wildman–Crippen MR) is 85.6 cm³/mol. The van der Waals surface area contributed by atoms with Crippen molar-refractivity contribution in [3.63, 3.8) is 0 Å². The number of H-pyrrole nitrogens is 1. The molecular formula is C18H11N3O2. The van der Waals surface area contributed by atoms with E-state index >= 15 is 0 Å². The third-order valence-corrected chi connectivity index (χ3v) is 4.52. The highest BCUT2D eigenvalue weighted by atomic mass is 16.1. The monoisotopic (exact) mass is 301 g/mol. The number of carbonyl (C=O) groups is 1. The molecule has 2 N–H and O–H groups in total. The van der Waals surface area contributed by atoms with Crippen LogP contribution in [-0.2, 0) is 0 Å². The quantitative estimate of drug-likeness (QED) is 0.669. The Morgan fingerprint density at radius 3 is 2.78 bits per heavy atom. The average molecular weight is 301 g/mol. The maximum Gasteiger partial charge on any atom is 0.217 e. The lowest BCUT2D eigenvalue weighted by atomic mass is 9.80. The van der Waals surface area contributed by atoms with Gasteiger partial charge in [0.05, 0.1) is 17.3 Å². The second kappa shape index (κ2) is 4.16. The normalized spacial score (nSPS) is 16.9. The summed E-state index contributed by atoms with van der Waals surface area (Å²) in [6.07, 6.45) is 3.21. The summed E-state index contributed by atoms with van der Waals surface area (Å²) in [4.78, 5) is 32.3. The van der Waals surface area contributed by atoms with Crippen LogP contribution >= 0.6 is 0 Å². The number of aromatic amines is 1. The molecule has 1 atom stereocenters. The first-order valence-electron chi connectivity index (χ1n) is 7.37.